The Balaban J connectivity index is 1.37. The Hall–Kier alpha value is -2.95. The minimum Gasteiger partial charge on any atom is -0.348 e. The molecular weight excluding hydrogens is 336 g/mol. The van der Waals surface area contributed by atoms with Crippen LogP contribution in [0.4, 0.5) is 0 Å². The predicted octanol–water partition coefficient (Wildman–Crippen LogP) is 4.25. The minimum absolute atomic E-state index is 0.0531. The molecule has 2 heterocycles. The topological polar surface area (TPSA) is 59.8 Å². The van der Waals surface area contributed by atoms with E-state index in [2.05, 4.69) is 27.5 Å². The molecule has 1 N–H and O–H groups in total. The molecule has 27 heavy (non-hydrogen) atoms. The van der Waals surface area contributed by atoms with Crippen molar-refractivity contribution in [1.82, 2.24) is 20.1 Å². The summed E-state index contributed by atoms with van der Waals surface area (Å²) in [7, 11) is 0. The molecule has 1 amide bonds. The van der Waals surface area contributed by atoms with Crippen molar-refractivity contribution in [2.45, 2.75) is 44.6 Å². The number of rotatable bonds is 5. The van der Waals surface area contributed by atoms with E-state index in [0.29, 0.717) is 18.0 Å². The lowest BCUT2D eigenvalue weighted by Gasteiger charge is -2.22. The average molecular weight is 360 g/mol. The first kappa shape index (κ1) is 17.5. The summed E-state index contributed by atoms with van der Waals surface area (Å²) in [5.74, 6) is 1.35. The van der Waals surface area contributed by atoms with Crippen LogP contribution in [0.5, 0.6) is 0 Å². The number of aromatic nitrogens is 3. The summed E-state index contributed by atoms with van der Waals surface area (Å²) in [5.41, 5.74) is 3.06. The Labute approximate surface area is 159 Å². The number of nitrogens with one attached hydrogen (secondary N) is 1. The van der Waals surface area contributed by atoms with E-state index >= 15 is 0 Å². The number of nitrogens with zero attached hydrogens (tertiary/aromatic N) is 3. The highest BCUT2D eigenvalue weighted by molar-refractivity contribution is 5.94. The molecule has 0 radical (unpaired) electrons. The Morgan fingerprint density at radius 1 is 1.07 bits per heavy atom. The van der Waals surface area contributed by atoms with Crippen molar-refractivity contribution in [3.63, 3.8) is 0 Å². The zero-order valence-corrected chi connectivity index (χ0v) is 15.3. The standard InChI is InChI=1S/C22H24N4O/c27-22(20-9-7-19(8-10-20)18-5-2-1-3-6-18)24-16-17-11-13-23-21(15-17)26-14-4-12-25-26/h4,7-15,18H,1-3,5-6,16H2,(H,24,27). The SMILES string of the molecule is O=C(NCc1ccnc(-n2cccn2)c1)c1ccc(C2CCCCC2)cc1. The Morgan fingerprint density at radius 3 is 2.63 bits per heavy atom. The molecule has 1 aliphatic carbocycles. The molecule has 4 rings (SSSR count). The van der Waals surface area contributed by atoms with E-state index in [4.69, 9.17) is 0 Å². The van der Waals surface area contributed by atoms with Crippen molar-refractivity contribution in [3.8, 4) is 5.82 Å². The summed E-state index contributed by atoms with van der Waals surface area (Å²) < 4.78 is 1.70. The Kier molecular flexibility index (Phi) is 5.28. The van der Waals surface area contributed by atoms with Gasteiger partial charge >= 0.3 is 0 Å². The van der Waals surface area contributed by atoms with E-state index in [9.17, 15) is 4.79 Å². The highest BCUT2D eigenvalue weighted by atomic mass is 16.1. The van der Waals surface area contributed by atoms with Gasteiger partial charge in [0.1, 0.15) is 0 Å². The number of pyridine rings is 1. The van der Waals surface area contributed by atoms with Gasteiger partial charge in [0.25, 0.3) is 5.91 Å². The Bertz CT molecular complexity index is 881. The van der Waals surface area contributed by atoms with Gasteiger partial charge in [-0.3, -0.25) is 4.79 Å². The van der Waals surface area contributed by atoms with Gasteiger partial charge in [-0.15, -0.1) is 0 Å². The molecule has 0 bridgehead atoms. The summed E-state index contributed by atoms with van der Waals surface area (Å²) >= 11 is 0. The molecule has 5 nitrogen and oxygen atoms in total. The number of carbonyl (C=O) groups excluding carboxylic acids is 1. The monoisotopic (exact) mass is 360 g/mol. The molecule has 1 aromatic carbocycles. The molecule has 0 aliphatic heterocycles. The van der Waals surface area contributed by atoms with Crippen molar-refractivity contribution in [3.05, 3.63) is 77.7 Å². The first-order valence-corrected chi connectivity index (χ1v) is 9.63. The van der Waals surface area contributed by atoms with Gasteiger partial charge in [-0.1, -0.05) is 31.4 Å². The smallest absolute Gasteiger partial charge is 0.251 e. The van der Waals surface area contributed by atoms with Crippen LogP contribution in [0.2, 0.25) is 0 Å². The lowest BCUT2D eigenvalue weighted by molar-refractivity contribution is 0.0951. The maximum absolute atomic E-state index is 12.5. The second-order valence-corrected chi connectivity index (χ2v) is 7.11. The molecule has 0 spiro atoms. The van der Waals surface area contributed by atoms with E-state index in [1.807, 2.05) is 36.5 Å². The van der Waals surface area contributed by atoms with Gasteiger partial charge in [0.05, 0.1) is 0 Å². The highest BCUT2D eigenvalue weighted by Crippen LogP contribution is 2.32. The second kappa shape index (κ2) is 8.16. The molecule has 0 atom stereocenters. The normalized spacial score (nSPS) is 14.8. The molecule has 1 aliphatic rings. The average Bonchev–Trinajstić information content (AvgIpc) is 3.28. The molecule has 138 valence electrons. The highest BCUT2D eigenvalue weighted by Gasteiger charge is 2.16. The van der Waals surface area contributed by atoms with Gasteiger partial charge in [0, 0.05) is 30.7 Å². The number of hydrogen-bond donors (Lipinski definition) is 1. The van der Waals surface area contributed by atoms with Crippen LogP contribution in [0.3, 0.4) is 0 Å². The van der Waals surface area contributed by atoms with Crippen LogP contribution in [-0.2, 0) is 6.54 Å². The van der Waals surface area contributed by atoms with Crippen LogP contribution >= 0.6 is 0 Å². The maximum atomic E-state index is 12.5. The van der Waals surface area contributed by atoms with E-state index in [0.717, 1.165) is 11.4 Å². The third-order valence-corrected chi connectivity index (χ3v) is 5.25. The van der Waals surface area contributed by atoms with E-state index in [-0.39, 0.29) is 5.91 Å². The van der Waals surface area contributed by atoms with Gasteiger partial charge in [-0.25, -0.2) is 9.67 Å². The Morgan fingerprint density at radius 2 is 1.89 bits per heavy atom. The van der Waals surface area contributed by atoms with Gasteiger partial charge in [-0.2, -0.15) is 5.10 Å². The van der Waals surface area contributed by atoms with Crippen LogP contribution in [0.25, 0.3) is 5.82 Å². The van der Waals surface area contributed by atoms with Gasteiger partial charge in [-0.05, 0) is 60.2 Å². The number of carbonyl (C=O) groups is 1. The van der Waals surface area contributed by atoms with Gasteiger partial charge < -0.3 is 5.32 Å². The van der Waals surface area contributed by atoms with Crippen LogP contribution in [-0.4, -0.2) is 20.7 Å². The summed E-state index contributed by atoms with van der Waals surface area (Å²) in [6.07, 6.45) is 11.8. The van der Waals surface area contributed by atoms with Crippen molar-refractivity contribution < 1.29 is 4.79 Å². The van der Waals surface area contributed by atoms with Crippen LogP contribution < -0.4 is 5.32 Å². The lowest BCUT2D eigenvalue weighted by Crippen LogP contribution is -2.23. The number of benzene rings is 1. The largest absolute Gasteiger partial charge is 0.348 e. The summed E-state index contributed by atoms with van der Waals surface area (Å²) in [6.45, 7) is 0.458. The molecular formula is C22H24N4O. The van der Waals surface area contributed by atoms with Crippen molar-refractivity contribution >= 4 is 5.91 Å². The summed E-state index contributed by atoms with van der Waals surface area (Å²) in [6, 6.07) is 13.8. The molecule has 1 saturated carbocycles. The molecule has 2 aromatic heterocycles. The predicted molar refractivity (Wildman–Crippen MR) is 105 cm³/mol. The fraction of sp³-hybridized carbons (Fsp3) is 0.318. The van der Waals surface area contributed by atoms with Gasteiger partial charge in [0.15, 0.2) is 5.82 Å². The minimum atomic E-state index is -0.0531. The maximum Gasteiger partial charge on any atom is 0.251 e. The number of hydrogen-bond acceptors (Lipinski definition) is 3. The van der Waals surface area contributed by atoms with Crippen LogP contribution in [0.15, 0.2) is 61.1 Å². The van der Waals surface area contributed by atoms with Crippen molar-refractivity contribution in [1.29, 1.82) is 0 Å². The first-order chi connectivity index (χ1) is 13.3. The summed E-state index contributed by atoms with van der Waals surface area (Å²) in [4.78, 5) is 16.8. The first-order valence-electron chi connectivity index (χ1n) is 9.63. The molecule has 3 aromatic rings. The van der Waals surface area contributed by atoms with Crippen molar-refractivity contribution in [2.75, 3.05) is 0 Å². The fourth-order valence-electron chi connectivity index (χ4n) is 3.73. The number of amides is 1. The molecule has 1 fully saturated rings. The zero-order valence-electron chi connectivity index (χ0n) is 15.3. The molecule has 5 heteroatoms. The molecule has 0 unspecified atom stereocenters. The van der Waals surface area contributed by atoms with Crippen molar-refractivity contribution in [2.24, 2.45) is 0 Å². The third-order valence-electron chi connectivity index (χ3n) is 5.25. The quantitative estimate of drug-likeness (QED) is 0.740. The summed E-state index contributed by atoms with van der Waals surface area (Å²) in [5, 5.41) is 7.17. The zero-order chi connectivity index (χ0) is 18.5. The fourth-order valence-corrected chi connectivity index (χ4v) is 3.73. The van der Waals surface area contributed by atoms with E-state index in [1.54, 1.807) is 17.1 Å². The van der Waals surface area contributed by atoms with E-state index in [1.165, 1.54) is 37.7 Å². The third kappa shape index (κ3) is 4.25. The lowest BCUT2D eigenvalue weighted by atomic mass is 9.84. The van der Waals surface area contributed by atoms with E-state index < -0.39 is 0 Å². The second-order valence-electron chi connectivity index (χ2n) is 7.11. The molecule has 0 saturated heterocycles. The van der Waals surface area contributed by atoms with Gasteiger partial charge in [0.2, 0.25) is 0 Å². The van der Waals surface area contributed by atoms with Crippen LogP contribution in [0.1, 0.15) is 59.5 Å². The van der Waals surface area contributed by atoms with Crippen LogP contribution in [0, 0.1) is 0 Å².